The zero-order valence-corrected chi connectivity index (χ0v) is 12.8. The number of hydrogen-bond acceptors (Lipinski definition) is 3. The number of esters is 1. The van der Waals surface area contributed by atoms with Crippen molar-refractivity contribution in [2.24, 2.45) is 5.92 Å². The fourth-order valence-electron chi connectivity index (χ4n) is 2.06. The first-order valence-corrected chi connectivity index (χ1v) is 6.77. The third-order valence-corrected chi connectivity index (χ3v) is 3.58. The zero-order chi connectivity index (χ0) is 14.6. The highest BCUT2D eigenvalue weighted by Gasteiger charge is 2.24. The van der Waals surface area contributed by atoms with Crippen LogP contribution in [0, 0.1) is 19.8 Å². The summed E-state index contributed by atoms with van der Waals surface area (Å²) in [7, 11) is 1.43. The molecule has 1 aromatic rings. The van der Waals surface area contributed by atoms with Crippen LogP contribution >= 0.6 is 0 Å². The van der Waals surface area contributed by atoms with E-state index in [0.29, 0.717) is 0 Å². The van der Waals surface area contributed by atoms with E-state index in [9.17, 15) is 4.79 Å². The molecule has 0 amide bonds. The Morgan fingerprint density at radius 1 is 1.16 bits per heavy atom. The maximum absolute atomic E-state index is 11.8. The largest absolute Gasteiger partial charge is 0.468 e. The lowest BCUT2D eigenvalue weighted by Crippen LogP contribution is -2.42. The summed E-state index contributed by atoms with van der Waals surface area (Å²) in [6.07, 6.45) is 0. The third-order valence-electron chi connectivity index (χ3n) is 3.58. The third kappa shape index (κ3) is 4.06. The van der Waals surface area contributed by atoms with Crippen molar-refractivity contribution < 1.29 is 9.53 Å². The van der Waals surface area contributed by atoms with Crippen molar-refractivity contribution >= 4 is 5.97 Å². The molecule has 0 radical (unpaired) electrons. The smallest absolute Gasteiger partial charge is 0.323 e. The summed E-state index contributed by atoms with van der Waals surface area (Å²) in [5.74, 6) is -0.00729. The van der Waals surface area contributed by atoms with Gasteiger partial charge in [-0.1, -0.05) is 32.0 Å². The molecule has 0 aliphatic rings. The van der Waals surface area contributed by atoms with Gasteiger partial charge in [-0.25, -0.2) is 0 Å². The van der Waals surface area contributed by atoms with Crippen molar-refractivity contribution in [1.29, 1.82) is 0 Å². The van der Waals surface area contributed by atoms with E-state index in [0.717, 1.165) is 0 Å². The van der Waals surface area contributed by atoms with Crippen LogP contribution in [0.2, 0.25) is 0 Å². The Morgan fingerprint density at radius 3 is 2.26 bits per heavy atom. The van der Waals surface area contributed by atoms with Gasteiger partial charge in [0.15, 0.2) is 0 Å². The van der Waals surface area contributed by atoms with Crippen LogP contribution in [0.3, 0.4) is 0 Å². The number of nitrogens with one attached hydrogen (secondary N) is 1. The fraction of sp³-hybridized carbons (Fsp3) is 0.562. The molecule has 0 bridgehead atoms. The van der Waals surface area contributed by atoms with Crippen LogP contribution in [0.5, 0.6) is 0 Å². The Balaban J connectivity index is 2.84. The van der Waals surface area contributed by atoms with Gasteiger partial charge in [-0.2, -0.15) is 0 Å². The summed E-state index contributed by atoms with van der Waals surface area (Å²) in [5.41, 5.74) is 3.74. The minimum atomic E-state index is -0.276. The monoisotopic (exact) mass is 263 g/mol. The normalized spacial score (nSPS) is 14.3. The highest BCUT2D eigenvalue weighted by atomic mass is 16.5. The summed E-state index contributed by atoms with van der Waals surface area (Å²) in [6, 6.07) is 6.23. The van der Waals surface area contributed by atoms with Crippen molar-refractivity contribution in [1.82, 2.24) is 5.32 Å². The molecule has 1 rings (SSSR count). The number of carbonyl (C=O) groups excluding carboxylic acids is 1. The molecular formula is C16H25NO2. The number of methoxy groups -OCH3 is 1. The first kappa shape index (κ1) is 15.7. The molecule has 0 saturated carbocycles. The number of aryl methyl sites for hydroxylation is 2. The number of benzene rings is 1. The van der Waals surface area contributed by atoms with Crippen LogP contribution in [0.25, 0.3) is 0 Å². The molecule has 1 N–H and O–H groups in total. The van der Waals surface area contributed by atoms with Crippen LogP contribution in [0.1, 0.15) is 43.5 Å². The van der Waals surface area contributed by atoms with Crippen LogP contribution < -0.4 is 5.32 Å². The summed E-state index contributed by atoms with van der Waals surface area (Å²) in [6.45, 7) is 10.3. The number of ether oxygens (including phenoxy) is 1. The van der Waals surface area contributed by atoms with Crippen molar-refractivity contribution in [3.63, 3.8) is 0 Å². The van der Waals surface area contributed by atoms with Gasteiger partial charge in [-0.05, 0) is 43.4 Å². The minimum Gasteiger partial charge on any atom is -0.468 e. The average molecular weight is 263 g/mol. The minimum absolute atomic E-state index is 0.116. The molecule has 0 spiro atoms. The Kier molecular flexibility index (Phi) is 5.55. The van der Waals surface area contributed by atoms with Crippen LogP contribution in [-0.2, 0) is 9.53 Å². The predicted molar refractivity (Wildman–Crippen MR) is 78.1 cm³/mol. The molecule has 0 saturated heterocycles. The first-order chi connectivity index (χ1) is 8.86. The second-order valence-corrected chi connectivity index (χ2v) is 5.48. The van der Waals surface area contributed by atoms with E-state index in [1.807, 2.05) is 13.8 Å². The van der Waals surface area contributed by atoms with Crippen molar-refractivity contribution in [3.05, 3.63) is 34.9 Å². The van der Waals surface area contributed by atoms with E-state index >= 15 is 0 Å². The van der Waals surface area contributed by atoms with E-state index in [2.05, 4.69) is 44.3 Å². The van der Waals surface area contributed by atoms with Crippen molar-refractivity contribution in [2.45, 2.75) is 46.7 Å². The molecule has 3 heteroatoms. The van der Waals surface area contributed by atoms with Crippen molar-refractivity contribution in [2.75, 3.05) is 7.11 Å². The molecule has 1 aromatic carbocycles. The van der Waals surface area contributed by atoms with Gasteiger partial charge in [0.2, 0.25) is 0 Å². The Bertz CT molecular complexity index is 440. The van der Waals surface area contributed by atoms with Crippen LogP contribution in [-0.4, -0.2) is 19.1 Å². The molecule has 0 aliphatic carbocycles. The lowest BCUT2D eigenvalue weighted by molar-refractivity contribution is -0.144. The maximum Gasteiger partial charge on any atom is 0.323 e. The summed E-state index contributed by atoms with van der Waals surface area (Å²) in [5, 5.41) is 3.36. The number of rotatable bonds is 5. The van der Waals surface area contributed by atoms with E-state index in [1.165, 1.54) is 23.8 Å². The van der Waals surface area contributed by atoms with Crippen LogP contribution in [0.15, 0.2) is 18.2 Å². The highest BCUT2D eigenvalue weighted by Crippen LogP contribution is 2.18. The van der Waals surface area contributed by atoms with E-state index in [4.69, 9.17) is 4.74 Å². The second kappa shape index (κ2) is 6.71. The zero-order valence-electron chi connectivity index (χ0n) is 12.8. The lowest BCUT2D eigenvalue weighted by Gasteiger charge is -2.25. The van der Waals surface area contributed by atoms with Gasteiger partial charge in [0.05, 0.1) is 7.11 Å². The van der Waals surface area contributed by atoms with Gasteiger partial charge in [-0.3, -0.25) is 10.1 Å². The first-order valence-electron chi connectivity index (χ1n) is 6.77. The number of hydrogen-bond donors (Lipinski definition) is 1. The molecule has 2 atom stereocenters. The molecule has 19 heavy (non-hydrogen) atoms. The standard InChI is InChI=1S/C16H25NO2/c1-10(2)15(16(18)19-6)17-13(5)14-8-7-11(3)12(4)9-14/h7-10,13,15,17H,1-6H3. The van der Waals surface area contributed by atoms with Gasteiger partial charge in [0, 0.05) is 6.04 Å². The predicted octanol–water partition coefficient (Wildman–Crippen LogP) is 3.15. The topological polar surface area (TPSA) is 38.3 Å². The number of carbonyl (C=O) groups is 1. The summed E-state index contributed by atoms with van der Waals surface area (Å²) in [4.78, 5) is 11.8. The molecule has 2 unspecified atom stereocenters. The van der Waals surface area contributed by atoms with E-state index in [1.54, 1.807) is 0 Å². The van der Waals surface area contributed by atoms with E-state index < -0.39 is 0 Å². The van der Waals surface area contributed by atoms with Gasteiger partial charge in [-0.15, -0.1) is 0 Å². The van der Waals surface area contributed by atoms with Gasteiger partial charge < -0.3 is 4.74 Å². The Hall–Kier alpha value is -1.35. The maximum atomic E-state index is 11.8. The molecular weight excluding hydrogens is 238 g/mol. The molecule has 0 aliphatic heterocycles. The Morgan fingerprint density at radius 2 is 1.79 bits per heavy atom. The SMILES string of the molecule is COC(=O)C(NC(C)c1ccc(C)c(C)c1)C(C)C. The summed E-state index contributed by atoms with van der Waals surface area (Å²) >= 11 is 0. The quantitative estimate of drug-likeness (QED) is 0.829. The molecule has 106 valence electrons. The van der Waals surface area contributed by atoms with Gasteiger partial charge in [0.1, 0.15) is 6.04 Å². The van der Waals surface area contributed by atoms with E-state index in [-0.39, 0.29) is 24.0 Å². The lowest BCUT2D eigenvalue weighted by atomic mass is 9.99. The molecule has 0 heterocycles. The molecule has 0 aromatic heterocycles. The highest BCUT2D eigenvalue weighted by molar-refractivity contribution is 5.76. The van der Waals surface area contributed by atoms with Gasteiger partial charge in [0.25, 0.3) is 0 Å². The Labute approximate surface area is 116 Å². The molecule has 0 fully saturated rings. The molecule has 3 nitrogen and oxygen atoms in total. The second-order valence-electron chi connectivity index (χ2n) is 5.48. The fourth-order valence-corrected chi connectivity index (χ4v) is 2.06. The van der Waals surface area contributed by atoms with Crippen LogP contribution in [0.4, 0.5) is 0 Å². The average Bonchev–Trinajstić information content (AvgIpc) is 2.37. The summed E-state index contributed by atoms with van der Waals surface area (Å²) < 4.78 is 4.85. The van der Waals surface area contributed by atoms with Gasteiger partial charge >= 0.3 is 5.97 Å². The van der Waals surface area contributed by atoms with Crippen molar-refractivity contribution in [3.8, 4) is 0 Å².